The van der Waals surface area contributed by atoms with E-state index in [2.05, 4.69) is 10.6 Å². The molecule has 0 saturated carbocycles. The Morgan fingerprint density at radius 3 is 2.50 bits per heavy atom. The molecule has 3 aromatic rings. The second-order valence-electron chi connectivity index (χ2n) is 10.2. The Bertz CT molecular complexity index is 1270. The first kappa shape index (κ1) is 25.4. The first-order chi connectivity index (χ1) is 17.1. The highest BCUT2D eigenvalue weighted by Crippen LogP contribution is 2.39. The minimum Gasteiger partial charge on any atom is -0.493 e. The van der Waals surface area contributed by atoms with E-state index < -0.39 is 17.7 Å². The third-order valence-electron chi connectivity index (χ3n) is 6.45. The number of ether oxygens (including phenoxy) is 3. The van der Waals surface area contributed by atoms with Crippen LogP contribution in [0.25, 0.3) is 10.9 Å². The summed E-state index contributed by atoms with van der Waals surface area (Å²) in [5.41, 5.74) is 3.48. The Morgan fingerprint density at radius 2 is 1.81 bits per heavy atom. The molecule has 1 heterocycles. The summed E-state index contributed by atoms with van der Waals surface area (Å²) in [4.78, 5) is 26.3. The maximum Gasteiger partial charge on any atom is 0.408 e. The number of fused-ring (bicyclic) bond motifs is 2. The molecule has 0 radical (unpaired) electrons. The lowest BCUT2D eigenvalue weighted by Gasteiger charge is -2.25. The van der Waals surface area contributed by atoms with Crippen LogP contribution < -0.4 is 20.1 Å². The zero-order valence-electron chi connectivity index (χ0n) is 21.8. The number of para-hydroxylation sites is 1. The number of alkyl carbamates (subject to hydrolysis) is 1. The predicted octanol–water partition coefficient (Wildman–Crippen LogP) is 4.44. The van der Waals surface area contributed by atoms with Crippen LogP contribution in [-0.2, 0) is 29.4 Å². The lowest BCUT2D eigenvalue weighted by atomic mass is 10.0. The Labute approximate surface area is 211 Å². The van der Waals surface area contributed by atoms with Crippen molar-refractivity contribution in [3.63, 3.8) is 0 Å². The molecule has 2 atom stereocenters. The molecule has 2 amide bonds. The van der Waals surface area contributed by atoms with E-state index in [9.17, 15) is 9.59 Å². The quantitative estimate of drug-likeness (QED) is 0.508. The first-order valence-electron chi connectivity index (χ1n) is 12.2. The van der Waals surface area contributed by atoms with Crippen molar-refractivity contribution in [2.75, 3.05) is 14.2 Å². The Morgan fingerprint density at radius 1 is 1.11 bits per heavy atom. The lowest BCUT2D eigenvalue weighted by Crippen LogP contribution is -2.49. The van der Waals surface area contributed by atoms with Crippen LogP contribution >= 0.6 is 0 Å². The van der Waals surface area contributed by atoms with Gasteiger partial charge in [0.05, 0.1) is 20.3 Å². The maximum absolute atomic E-state index is 13.6. The van der Waals surface area contributed by atoms with Crippen LogP contribution in [0.3, 0.4) is 0 Å². The molecule has 1 aliphatic carbocycles. The van der Waals surface area contributed by atoms with E-state index in [1.165, 1.54) is 0 Å². The molecule has 0 aliphatic heterocycles. The average Bonchev–Trinajstić information content (AvgIpc) is 3.36. The summed E-state index contributed by atoms with van der Waals surface area (Å²) in [5, 5.41) is 7.01. The SMILES string of the molecule is COc1cc2c(cc1OC)[C@H](NC(=O)[C@H](Cc1cn(C)c3ccccc13)NC(=O)OC(C)(C)C)CC2. The van der Waals surface area contributed by atoms with E-state index in [-0.39, 0.29) is 11.9 Å². The molecular formula is C28H35N3O5. The highest BCUT2D eigenvalue weighted by molar-refractivity contribution is 5.89. The van der Waals surface area contributed by atoms with Crippen molar-refractivity contribution >= 4 is 22.9 Å². The number of benzene rings is 2. The van der Waals surface area contributed by atoms with Gasteiger partial charge >= 0.3 is 6.09 Å². The molecule has 1 aromatic heterocycles. The summed E-state index contributed by atoms with van der Waals surface area (Å²) >= 11 is 0. The zero-order valence-corrected chi connectivity index (χ0v) is 21.8. The summed E-state index contributed by atoms with van der Waals surface area (Å²) in [6.07, 6.45) is 3.28. The Kier molecular flexibility index (Phi) is 7.15. The summed E-state index contributed by atoms with van der Waals surface area (Å²) in [7, 11) is 5.18. The topological polar surface area (TPSA) is 90.8 Å². The Hall–Kier alpha value is -3.68. The highest BCUT2D eigenvalue weighted by Gasteiger charge is 2.31. The number of nitrogens with one attached hydrogen (secondary N) is 2. The Balaban J connectivity index is 1.59. The van der Waals surface area contributed by atoms with Gasteiger partial charge in [-0.2, -0.15) is 0 Å². The van der Waals surface area contributed by atoms with E-state index in [4.69, 9.17) is 14.2 Å². The first-order valence-corrected chi connectivity index (χ1v) is 12.2. The second kappa shape index (κ2) is 10.1. The molecule has 0 unspecified atom stereocenters. The van der Waals surface area contributed by atoms with E-state index in [0.717, 1.165) is 40.4 Å². The number of rotatable bonds is 7. The van der Waals surface area contributed by atoms with Gasteiger partial charge in [-0.25, -0.2) is 4.79 Å². The van der Waals surface area contributed by atoms with Gasteiger partial charge in [-0.15, -0.1) is 0 Å². The number of aromatic nitrogens is 1. The van der Waals surface area contributed by atoms with E-state index in [1.54, 1.807) is 35.0 Å². The number of carbonyl (C=O) groups is 2. The van der Waals surface area contributed by atoms with Crippen molar-refractivity contribution in [1.82, 2.24) is 15.2 Å². The van der Waals surface area contributed by atoms with Crippen LogP contribution in [0, 0.1) is 0 Å². The molecule has 0 fully saturated rings. The number of hydrogen-bond donors (Lipinski definition) is 2. The number of carbonyl (C=O) groups excluding carboxylic acids is 2. The number of methoxy groups -OCH3 is 2. The minimum atomic E-state index is -0.810. The van der Waals surface area contributed by atoms with Gasteiger partial charge in [0.25, 0.3) is 0 Å². The van der Waals surface area contributed by atoms with Crippen LogP contribution in [0.2, 0.25) is 0 Å². The molecule has 8 heteroatoms. The van der Waals surface area contributed by atoms with Crippen LogP contribution in [0.15, 0.2) is 42.6 Å². The summed E-state index contributed by atoms with van der Waals surface area (Å²) < 4.78 is 18.4. The number of hydrogen-bond acceptors (Lipinski definition) is 5. The van der Waals surface area contributed by atoms with E-state index in [0.29, 0.717) is 17.9 Å². The van der Waals surface area contributed by atoms with Gasteiger partial charge in [0.15, 0.2) is 11.5 Å². The minimum absolute atomic E-state index is 0.192. The maximum atomic E-state index is 13.6. The van der Waals surface area contributed by atoms with Gasteiger partial charge in [0.1, 0.15) is 11.6 Å². The molecule has 36 heavy (non-hydrogen) atoms. The second-order valence-corrected chi connectivity index (χ2v) is 10.2. The molecule has 2 aromatic carbocycles. The molecule has 0 bridgehead atoms. The van der Waals surface area contributed by atoms with Gasteiger partial charge in [0.2, 0.25) is 5.91 Å². The third-order valence-corrected chi connectivity index (χ3v) is 6.45. The summed E-state index contributed by atoms with van der Waals surface area (Å²) in [5.74, 6) is 1.03. The van der Waals surface area contributed by atoms with Gasteiger partial charge < -0.3 is 29.4 Å². The van der Waals surface area contributed by atoms with Crippen LogP contribution in [0.4, 0.5) is 4.79 Å². The van der Waals surface area contributed by atoms with Gasteiger partial charge in [0, 0.05) is 30.6 Å². The van der Waals surface area contributed by atoms with Crippen LogP contribution in [0.5, 0.6) is 11.5 Å². The standard InChI is InChI=1S/C28H35N3O5/c1-28(2,3)36-27(33)30-22(13-18-16-31(4)23-10-8-7-9-19(18)23)26(32)29-21-12-11-17-14-24(34-5)25(35-6)15-20(17)21/h7-10,14-16,21-22H,11-13H2,1-6H3,(H,29,32)(H,30,33)/t21-,22+/m1/s1. The van der Waals surface area contributed by atoms with Crippen molar-refractivity contribution in [3.8, 4) is 11.5 Å². The van der Waals surface area contributed by atoms with Gasteiger partial charge in [-0.3, -0.25) is 4.79 Å². The monoisotopic (exact) mass is 493 g/mol. The van der Waals surface area contributed by atoms with Crippen molar-refractivity contribution in [2.24, 2.45) is 7.05 Å². The van der Waals surface area contributed by atoms with Crippen molar-refractivity contribution in [2.45, 2.75) is 57.7 Å². The molecule has 8 nitrogen and oxygen atoms in total. The summed E-state index contributed by atoms with van der Waals surface area (Å²) in [6, 6.07) is 10.9. The lowest BCUT2D eigenvalue weighted by molar-refractivity contribution is -0.124. The van der Waals surface area contributed by atoms with E-state index in [1.807, 2.05) is 54.2 Å². The molecule has 192 valence electrons. The molecule has 4 rings (SSSR count). The van der Waals surface area contributed by atoms with Crippen molar-refractivity contribution < 1.29 is 23.8 Å². The molecule has 0 spiro atoms. The fourth-order valence-electron chi connectivity index (χ4n) is 4.82. The summed E-state index contributed by atoms with van der Waals surface area (Å²) in [6.45, 7) is 5.39. The molecule has 1 aliphatic rings. The normalized spacial score (nSPS) is 15.8. The van der Waals surface area contributed by atoms with Crippen molar-refractivity contribution in [1.29, 1.82) is 0 Å². The van der Waals surface area contributed by atoms with E-state index >= 15 is 0 Å². The number of amides is 2. The third kappa shape index (κ3) is 5.42. The fourth-order valence-corrected chi connectivity index (χ4v) is 4.82. The molecule has 2 N–H and O–H groups in total. The zero-order chi connectivity index (χ0) is 26.0. The smallest absolute Gasteiger partial charge is 0.408 e. The predicted molar refractivity (Wildman–Crippen MR) is 139 cm³/mol. The highest BCUT2D eigenvalue weighted by atomic mass is 16.6. The largest absolute Gasteiger partial charge is 0.493 e. The number of nitrogens with zero attached hydrogens (tertiary/aromatic N) is 1. The van der Waals surface area contributed by atoms with Crippen LogP contribution in [-0.4, -0.2) is 42.4 Å². The van der Waals surface area contributed by atoms with Crippen molar-refractivity contribution in [3.05, 3.63) is 59.3 Å². The number of aryl methyl sites for hydroxylation is 2. The molecular weight excluding hydrogens is 458 g/mol. The fraction of sp³-hybridized carbons (Fsp3) is 0.429. The van der Waals surface area contributed by atoms with Gasteiger partial charge in [-0.1, -0.05) is 18.2 Å². The molecule has 0 saturated heterocycles. The van der Waals surface area contributed by atoms with Crippen LogP contribution in [0.1, 0.15) is 49.9 Å². The van der Waals surface area contributed by atoms with Gasteiger partial charge in [-0.05, 0) is 68.5 Å². The average molecular weight is 494 g/mol.